The molecule has 0 spiro atoms. The van der Waals surface area contributed by atoms with E-state index in [1.165, 1.54) is 5.56 Å². The van der Waals surface area contributed by atoms with Crippen LogP contribution in [0.2, 0.25) is 0 Å². The summed E-state index contributed by atoms with van der Waals surface area (Å²) >= 11 is 0. The molecule has 0 saturated carbocycles. The van der Waals surface area contributed by atoms with E-state index in [2.05, 4.69) is 26.8 Å². The third-order valence-electron chi connectivity index (χ3n) is 3.48. The third kappa shape index (κ3) is 2.42. The number of phenolic OH excluding ortho intramolecular Hbond substituents is 1. The van der Waals surface area contributed by atoms with Gasteiger partial charge >= 0.3 is 0 Å². The average molecular weight is 244 g/mol. The fourth-order valence-corrected chi connectivity index (χ4v) is 2.51. The Morgan fingerprint density at radius 3 is 2.50 bits per heavy atom. The Bertz CT molecular complexity index is 498. The summed E-state index contributed by atoms with van der Waals surface area (Å²) in [6, 6.07) is 9.58. The lowest BCUT2D eigenvalue weighted by atomic mass is 9.86. The Balaban J connectivity index is 2.36. The maximum Gasteiger partial charge on any atom is 0.137 e. The second-order valence-corrected chi connectivity index (χ2v) is 5.01. The van der Waals surface area contributed by atoms with E-state index < -0.39 is 0 Å². The lowest BCUT2D eigenvalue weighted by molar-refractivity contribution is 0.461. The van der Waals surface area contributed by atoms with Gasteiger partial charge in [-0.05, 0) is 48.1 Å². The van der Waals surface area contributed by atoms with Gasteiger partial charge in [-0.3, -0.25) is 0 Å². The molecule has 0 saturated heterocycles. The van der Waals surface area contributed by atoms with Gasteiger partial charge in [0.15, 0.2) is 0 Å². The highest BCUT2D eigenvalue weighted by atomic mass is 16.3. The maximum atomic E-state index is 10.1. The molecule has 0 bridgehead atoms. The molecule has 2 aromatic rings. The van der Waals surface area contributed by atoms with E-state index in [-0.39, 0.29) is 0 Å². The number of furan rings is 1. The number of benzene rings is 1. The molecule has 1 aromatic heterocycles. The van der Waals surface area contributed by atoms with Gasteiger partial charge in [0.25, 0.3) is 0 Å². The summed E-state index contributed by atoms with van der Waals surface area (Å²) in [5.41, 5.74) is 1.95. The van der Waals surface area contributed by atoms with E-state index in [0.717, 1.165) is 12.0 Å². The molecule has 18 heavy (non-hydrogen) atoms. The second-order valence-electron chi connectivity index (χ2n) is 5.01. The van der Waals surface area contributed by atoms with Gasteiger partial charge in [0.05, 0.1) is 11.8 Å². The van der Waals surface area contributed by atoms with Crippen LogP contribution in [0.3, 0.4) is 0 Å². The van der Waals surface area contributed by atoms with Crippen molar-refractivity contribution in [3.63, 3.8) is 0 Å². The highest BCUT2D eigenvalue weighted by molar-refractivity contribution is 5.66. The van der Waals surface area contributed by atoms with Crippen molar-refractivity contribution in [3.05, 3.63) is 42.2 Å². The number of phenols is 1. The molecule has 0 radical (unpaired) electrons. The van der Waals surface area contributed by atoms with E-state index in [1.54, 1.807) is 6.26 Å². The van der Waals surface area contributed by atoms with Gasteiger partial charge in [-0.25, -0.2) is 0 Å². The first-order valence-electron chi connectivity index (χ1n) is 6.50. The van der Waals surface area contributed by atoms with Crippen molar-refractivity contribution in [2.45, 2.75) is 33.1 Å². The van der Waals surface area contributed by atoms with Crippen molar-refractivity contribution >= 4 is 0 Å². The van der Waals surface area contributed by atoms with Crippen molar-refractivity contribution in [2.75, 3.05) is 0 Å². The summed E-state index contributed by atoms with van der Waals surface area (Å²) < 4.78 is 5.31. The quantitative estimate of drug-likeness (QED) is 0.837. The van der Waals surface area contributed by atoms with Crippen molar-refractivity contribution in [1.29, 1.82) is 0 Å². The molecule has 2 rings (SSSR count). The van der Waals surface area contributed by atoms with Gasteiger partial charge in [-0.1, -0.05) is 26.8 Å². The largest absolute Gasteiger partial charge is 0.507 e. The second kappa shape index (κ2) is 5.30. The Morgan fingerprint density at radius 2 is 2.00 bits per heavy atom. The molecule has 0 aliphatic rings. The molecule has 96 valence electrons. The SMILES string of the molecule is CCC(c1ccc(-c2ccco2)c(O)c1)C(C)C. The molecule has 2 heteroatoms. The molecule has 1 N–H and O–H groups in total. The Labute approximate surface area is 108 Å². The topological polar surface area (TPSA) is 33.4 Å². The fraction of sp³-hybridized carbons (Fsp3) is 0.375. The normalized spacial score (nSPS) is 12.9. The van der Waals surface area contributed by atoms with Crippen molar-refractivity contribution in [1.82, 2.24) is 0 Å². The minimum absolute atomic E-state index is 0.293. The van der Waals surface area contributed by atoms with Crippen molar-refractivity contribution in [2.24, 2.45) is 5.92 Å². The zero-order valence-corrected chi connectivity index (χ0v) is 11.2. The number of rotatable bonds is 4. The van der Waals surface area contributed by atoms with Crippen LogP contribution >= 0.6 is 0 Å². The van der Waals surface area contributed by atoms with E-state index in [4.69, 9.17) is 4.42 Å². The van der Waals surface area contributed by atoms with E-state index in [1.807, 2.05) is 24.3 Å². The maximum absolute atomic E-state index is 10.1. The van der Waals surface area contributed by atoms with E-state index >= 15 is 0 Å². The zero-order valence-electron chi connectivity index (χ0n) is 11.2. The molecular formula is C16H20O2. The number of hydrogen-bond acceptors (Lipinski definition) is 2. The van der Waals surface area contributed by atoms with Crippen LogP contribution in [0.1, 0.15) is 38.7 Å². The van der Waals surface area contributed by atoms with Crippen LogP contribution in [0.5, 0.6) is 5.75 Å². The van der Waals surface area contributed by atoms with Crippen LogP contribution in [0.25, 0.3) is 11.3 Å². The van der Waals surface area contributed by atoms with Gasteiger partial charge < -0.3 is 9.52 Å². The molecular weight excluding hydrogens is 224 g/mol. The van der Waals surface area contributed by atoms with Crippen LogP contribution < -0.4 is 0 Å². The Morgan fingerprint density at radius 1 is 1.22 bits per heavy atom. The lowest BCUT2D eigenvalue weighted by Crippen LogP contribution is -2.05. The van der Waals surface area contributed by atoms with Crippen LogP contribution in [0.4, 0.5) is 0 Å². The van der Waals surface area contributed by atoms with Crippen LogP contribution in [0.15, 0.2) is 41.0 Å². The van der Waals surface area contributed by atoms with Crippen molar-refractivity contribution in [3.8, 4) is 17.1 Å². The average Bonchev–Trinajstić information content (AvgIpc) is 2.83. The van der Waals surface area contributed by atoms with Crippen LogP contribution in [-0.4, -0.2) is 5.11 Å². The Kier molecular flexibility index (Phi) is 3.75. The van der Waals surface area contributed by atoms with Crippen LogP contribution in [-0.2, 0) is 0 Å². The molecule has 1 atom stereocenters. The van der Waals surface area contributed by atoms with E-state index in [9.17, 15) is 5.11 Å². The van der Waals surface area contributed by atoms with Gasteiger partial charge in [-0.15, -0.1) is 0 Å². The predicted molar refractivity (Wildman–Crippen MR) is 73.7 cm³/mol. The molecule has 2 nitrogen and oxygen atoms in total. The first kappa shape index (κ1) is 12.7. The van der Waals surface area contributed by atoms with Gasteiger partial charge in [0.2, 0.25) is 0 Å². The number of aromatic hydroxyl groups is 1. The fourth-order valence-electron chi connectivity index (χ4n) is 2.51. The zero-order chi connectivity index (χ0) is 13.1. The van der Waals surface area contributed by atoms with Crippen molar-refractivity contribution < 1.29 is 9.52 Å². The van der Waals surface area contributed by atoms with E-state index in [0.29, 0.717) is 23.3 Å². The minimum Gasteiger partial charge on any atom is -0.507 e. The standard InChI is InChI=1S/C16H20O2/c1-4-13(11(2)3)12-7-8-14(15(17)10-12)16-6-5-9-18-16/h5-11,13,17H,4H2,1-3H3. The molecule has 1 aromatic carbocycles. The summed E-state index contributed by atoms with van der Waals surface area (Å²) in [7, 11) is 0. The van der Waals surface area contributed by atoms with Gasteiger partial charge in [-0.2, -0.15) is 0 Å². The molecule has 0 aliphatic heterocycles. The molecule has 0 aliphatic carbocycles. The smallest absolute Gasteiger partial charge is 0.137 e. The highest BCUT2D eigenvalue weighted by Crippen LogP contribution is 2.35. The van der Waals surface area contributed by atoms with Gasteiger partial charge in [0.1, 0.15) is 11.5 Å². The summed E-state index contributed by atoms with van der Waals surface area (Å²) in [6.07, 6.45) is 2.70. The molecule has 1 heterocycles. The highest BCUT2D eigenvalue weighted by Gasteiger charge is 2.16. The van der Waals surface area contributed by atoms with Gasteiger partial charge in [0, 0.05) is 0 Å². The summed E-state index contributed by atoms with van der Waals surface area (Å²) in [5, 5.41) is 10.1. The number of hydrogen-bond donors (Lipinski definition) is 1. The molecule has 0 fully saturated rings. The summed E-state index contributed by atoms with van der Waals surface area (Å²) in [5.74, 6) is 2.06. The molecule has 1 unspecified atom stereocenters. The monoisotopic (exact) mass is 244 g/mol. The first-order valence-corrected chi connectivity index (χ1v) is 6.50. The third-order valence-corrected chi connectivity index (χ3v) is 3.48. The molecule has 0 amide bonds. The summed E-state index contributed by atoms with van der Waals surface area (Å²) in [6.45, 7) is 6.61. The minimum atomic E-state index is 0.293. The predicted octanol–water partition coefficient (Wildman–Crippen LogP) is 4.80. The van der Waals surface area contributed by atoms with Crippen LogP contribution in [0, 0.1) is 5.92 Å². The Hall–Kier alpha value is -1.70. The lowest BCUT2D eigenvalue weighted by Gasteiger charge is -2.20. The summed E-state index contributed by atoms with van der Waals surface area (Å²) in [4.78, 5) is 0. The first-order chi connectivity index (χ1) is 8.63.